The van der Waals surface area contributed by atoms with E-state index in [0.29, 0.717) is 4.47 Å². The second-order valence-electron chi connectivity index (χ2n) is 3.02. The summed E-state index contributed by atoms with van der Waals surface area (Å²) in [6, 6.07) is 1.67. The van der Waals surface area contributed by atoms with E-state index in [-0.39, 0.29) is 11.8 Å². The molecule has 0 aliphatic heterocycles. The lowest BCUT2D eigenvalue weighted by Gasteiger charge is -2.13. The van der Waals surface area contributed by atoms with Crippen molar-refractivity contribution in [2.24, 2.45) is 5.73 Å². The summed E-state index contributed by atoms with van der Waals surface area (Å²) in [5.41, 5.74) is 7.41. The number of rotatable bonds is 1. The second-order valence-corrected chi connectivity index (χ2v) is 4.67. The van der Waals surface area contributed by atoms with Gasteiger partial charge in [-0.25, -0.2) is 0 Å². The number of hydrogen-bond acceptors (Lipinski definition) is 2. The molecule has 72 valence electrons. The predicted molar refractivity (Wildman–Crippen MR) is 60.8 cm³/mol. The molecule has 0 fully saturated rings. The normalized spacial score (nSPS) is 13.0. The van der Waals surface area contributed by atoms with Gasteiger partial charge in [0.05, 0.1) is 4.47 Å². The summed E-state index contributed by atoms with van der Waals surface area (Å²) < 4.78 is 1.65. The molecule has 0 aliphatic rings. The topological polar surface area (TPSA) is 46.2 Å². The summed E-state index contributed by atoms with van der Waals surface area (Å²) in [7, 11) is 0. The molecule has 0 bridgehead atoms. The van der Waals surface area contributed by atoms with E-state index >= 15 is 0 Å². The average Bonchev–Trinajstić information content (AvgIpc) is 2.07. The van der Waals surface area contributed by atoms with Gasteiger partial charge in [-0.3, -0.25) is 0 Å². The van der Waals surface area contributed by atoms with Gasteiger partial charge in [0.1, 0.15) is 5.75 Å². The lowest BCUT2D eigenvalue weighted by molar-refractivity contribution is 0.459. The highest BCUT2D eigenvalue weighted by Gasteiger charge is 2.13. The largest absolute Gasteiger partial charge is 0.506 e. The Morgan fingerprint density at radius 1 is 1.46 bits per heavy atom. The Morgan fingerprint density at radius 3 is 2.46 bits per heavy atom. The lowest BCUT2D eigenvalue weighted by atomic mass is 10.1. The Balaban J connectivity index is 3.41. The number of halogens is 2. The van der Waals surface area contributed by atoms with Gasteiger partial charge in [-0.05, 0) is 41.4 Å². The van der Waals surface area contributed by atoms with Crippen molar-refractivity contribution in [3.05, 3.63) is 26.1 Å². The average molecular weight is 309 g/mol. The molecule has 1 aromatic carbocycles. The molecule has 0 radical (unpaired) electrons. The van der Waals surface area contributed by atoms with E-state index in [1.807, 2.05) is 19.9 Å². The molecule has 0 saturated heterocycles. The number of nitrogens with two attached hydrogens (primary N) is 1. The summed E-state index contributed by atoms with van der Waals surface area (Å²) >= 11 is 6.72. The molecule has 0 aliphatic carbocycles. The van der Waals surface area contributed by atoms with Crippen molar-refractivity contribution < 1.29 is 5.11 Å². The third kappa shape index (κ3) is 2.06. The van der Waals surface area contributed by atoms with E-state index in [1.54, 1.807) is 0 Å². The zero-order valence-electron chi connectivity index (χ0n) is 7.44. The summed E-state index contributed by atoms with van der Waals surface area (Å²) in [5.74, 6) is 0.232. The van der Waals surface area contributed by atoms with Crippen molar-refractivity contribution in [2.75, 3.05) is 0 Å². The van der Waals surface area contributed by atoms with Crippen LogP contribution >= 0.6 is 31.9 Å². The molecule has 0 aromatic heterocycles. The summed E-state index contributed by atoms with van der Waals surface area (Å²) in [5, 5.41) is 9.73. The maximum Gasteiger partial charge on any atom is 0.134 e. The van der Waals surface area contributed by atoms with Gasteiger partial charge < -0.3 is 10.8 Å². The van der Waals surface area contributed by atoms with Crippen molar-refractivity contribution in [1.82, 2.24) is 0 Å². The Morgan fingerprint density at radius 2 is 2.00 bits per heavy atom. The third-order valence-electron chi connectivity index (χ3n) is 1.94. The molecular weight excluding hydrogens is 298 g/mol. The number of phenolic OH excluding ortho intramolecular Hbond substituents is 1. The molecule has 1 atom stereocenters. The van der Waals surface area contributed by atoms with E-state index in [4.69, 9.17) is 5.73 Å². The van der Waals surface area contributed by atoms with Gasteiger partial charge in [-0.1, -0.05) is 15.9 Å². The van der Waals surface area contributed by atoms with Crippen LogP contribution in [-0.2, 0) is 0 Å². The number of aromatic hydroxyl groups is 1. The molecular formula is C9H11Br2NO. The second kappa shape index (κ2) is 3.98. The molecule has 13 heavy (non-hydrogen) atoms. The Hall–Kier alpha value is -0.0600. The Labute approximate surface area is 94.4 Å². The Bertz CT molecular complexity index is 337. The first-order valence-corrected chi connectivity index (χ1v) is 5.46. The molecule has 0 spiro atoms. The number of phenols is 1. The summed E-state index contributed by atoms with van der Waals surface area (Å²) in [6.07, 6.45) is 0. The van der Waals surface area contributed by atoms with E-state index in [1.165, 1.54) is 0 Å². The highest BCUT2D eigenvalue weighted by molar-refractivity contribution is 9.11. The van der Waals surface area contributed by atoms with Crippen LogP contribution < -0.4 is 5.73 Å². The molecule has 1 aromatic rings. The van der Waals surface area contributed by atoms with Gasteiger partial charge in [0.15, 0.2) is 0 Å². The van der Waals surface area contributed by atoms with Crippen molar-refractivity contribution in [2.45, 2.75) is 19.9 Å². The SMILES string of the molecule is Cc1c(Br)cc(C(C)N)c(O)c1Br. The van der Waals surface area contributed by atoms with E-state index in [2.05, 4.69) is 31.9 Å². The van der Waals surface area contributed by atoms with Crippen LogP contribution in [-0.4, -0.2) is 5.11 Å². The van der Waals surface area contributed by atoms with Crippen LogP contribution in [0, 0.1) is 6.92 Å². The fourth-order valence-electron chi connectivity index (χ4n) is 1.07. The van der Waals surface area contributed by atoms with Crippen LogP contribution in [0.4, 0.5) is 0 Å². The summed E-state index contributed by atoms with van der Waals surface area (Å²) in [6.45, 7) is 3.75. The fourth-order valence-corrected chi connectivity index (χ4v) is 2.22. The first-order chi connectivity index (χ1) is 5.95. The van der Waals surface area contributed by atoms with Crippen LogP contribution in [0.15, 0.2) is 15.0 Å². The summed E-state index contributed by atoms with van der Waals surface area (Å²) in [4.78, 5) is 0. The van der Waals surface area contributed by atoms with Gasteiger partial charge in [0, 0.05) is 16.1 Å². The van der Waals surface area contributed by atoms with Crippen LogP contribution in [0.25, 0.3) is 0 Å². The van der Waals surface area contributed by atoms with Gasteiger partial charge in [-0.15, -0.1) is 0 Å². The third-order valence-corrected chi connectivity index (χ3v) is 3.74. The van der Waals surface area contributed by atoms with Crippen molar-refractivity contribution in [1.29, 1.82) is 0 Å². The van der Waals surface area contributed by atoms with Crippen molar-refractivity contribution in [3.8, 4) is 5.75 Å². The highest BCUT2D eigenvalue weighted by atomic mass is 79.9. The smallest absolute Gasteiger partial charge is 0.134 e. The standard InChI is InChI=1S/C9H11Br2NO/c1-4-7(10)3-6(5(2)12)9(13)8(4)11/h3,5,13H,12H2,1-2H3. The molecule has 0 heterocycles. The van der Waals surface area contributed by atoms with Gasteiger partial charge in [0.25, 0.3) is 0 Å². The molecule has 4 heteroatoms. The maximum atomic E-state index is 9.73. The zero-order chi connectivity index (χ0) is 10.2. The van der Waals surface area contributed by atoms with Crippen LogP contribution in [0.1, 0.15) is 24.1 Å². The van der Waals surface area contributed by atoms with Gasteiger partial charge >= 0.3 is 0 Å². The molecule has 1 rings (SSSR count). The van der Waals surface area contributed by atoms with Gasteiger partial charge in [-0.2, -0.15) is 0 Å². The molecule has 0 amide bonds. The van der Waals surface area contributed by atoms with E-state index in [9.17, 15) is 5.11 Å². The predicted octanol–water partition coefficient (Wildman–Crippen LogP) is 3.25. The van der Waals surface area contributed by atoms with Crippen LogP contribution in [0.5, 0.6) is 5.75 Å². The molecule has 2 nitrogen and oxygen atoms in total. The highest BCUT2D eigenvalue weighted by Crippen LogP contribution is 2.37. The first kappa shape index (κ1) is 11.0. The van der Waals surface area contributed by atoms with Crippen LogP contribution in [0.3, 0.4) is 0 Å². The number of benzene rings is 1. The Kier molecular flexibility index (Phi) is 3.38. The molecule has 1 unspecified atom stereocenters. The fraction of sp³-hybridized carbons (Fsp3) is 0.333. The zero-order valence-corrected chi connectivity index (χ0v) is 10.6. The van der Waals surface area contributed by atoms with Crippen LogP contribution in [0.2, 0.25) is 0 Å². The van der Waals surface area contributed by atoms with E-state index < -0.39 is 0 Å². The van der Waals surface area contributed by atoms with Crippen molar-refractivity contribution in [3.63, 3.8) is 0 Å². The quantitative estimate of drug-likeness (QED) is 0.836. The first-order valence-electron chi connectivity index (χ1n) is 3.88. The minimum absolute atomic E-state index is 0.173. The maximum absolute atomic E-state index is 9.73. The molecule has 0 saturated carbocycles. The minimum Gasteiger partial charge on any atom is -0.506 e. The monoisotopic (exact) mass is 307 g/mol. The van der Waals surface area contributed by atoms with Gasteiger partial charge in [0.2, 0.25) is 0 Å². The number of hydrogen-bond donors (Lipinski definition) is 2. The van der Waals surface area contributed by atoms with E-state index in [0.717, 1.165) is 15.6 Å². The molecule has 3 N–H and O–H groups in total. The minimum atomic E-state index is -0.173. The van der Waals surface area contributed by atoms with Crippen molar-refractivity contribution >= 4 is 31.9 Å². The lowest BCUT2D eigenvalue weighted by Crippen LogP contribution is -2.05.